The van der Waals surface area contributed by atoms with Gasteiger partial charge in [-0.05, 0) is 52.6 Å². The number of carbonyl (C=O) groups excluding carboxylic acids is 1. The Bertz CT molecular complexity index is 552. The number of rotatable bonds is 5. The highest BCUT2D eigenvalue weighted by Crippen LogP contribution is 2.36. The molecule has 0 N–H and O–H groups in total. The molecule has 0 spiro atoms. The molecule has 2 aliphatic heterocycles. The molecule has 2 saturated heterocycles. The molecule has 0 unspecified atom stereocenters. The first-order valence-corrected chi connectivity index (χ1v) is 9.37. The highest BCUT2D eigenvalue weighted by atomic mass is 32.1. The van der Waals surface area contributed by atoms with E-state index >= 15 is 0 Å². The molecule has 0 saturated carbocycles. The van der Waals surface area contributed by atoms with E-state index in [4.69, 9.17) is 4.74 Å². The van der Waals surface area contributed by atoms with Crippen LogP contribution in [-0.2, 0) is 16.1 Å². The summed E-state index contributed by atoms with van der Waals surface area (Å²) in [5, 5.41) is 0. The van der Waals surface area contributed by atoms with Gasteiger partial charge in [-0.25, -0.2) is 4.98 Å². The number of carbonyl (C=O) groups is 1. The monoisotopic (exact) mass is 337 g/mol. The van der Waals surface area contributed by atoms with Gasteiger partial charge in [-0.3, -0.25) is 9.69 Å². The van der Waals surface area contributed by atoms with Crippen LogP contribution >= 0.6 is 11.3 Å². The predicted octanol–water partition coefficient (Wildman–Crippen LogP) is 2.30. The summed E-state index contributed by atoms with van der Waals surface area (Å²) in [5.74, 6) is 0.717. The largest absolute Gasteiger partial charge is 0.369 e. The van der Waals surface area contributed by atoms with Gasteiger partial charge >= 0.3 is 0 Å². The van der Waals surface area contributed by atoms with Crippen molar-refractivity contribution in [2.24, 2.45) is 5.92 Å². The van der Waals surface area contributed by atoms with E-state index in [0.717, 1.165) is 38.2 Å². The van der Waals surface area contributed by atoms with Crippen molar-refractivity contribution in [3.63, 3.8) is 0 Å². The highest BCUT2D eigenvalue weighted by Gasteiger charge is 2.52. The van der Waals surface area contributed by atoms with Crippen LogP contribution in [0.25, 0.3) is 0 Å². The molecule has 2 aliphatic rings. The van der Waals surface area contributed by atoms with Gasteiger partial charge in [-0.1, -0.05) is 0 Å². The Balaban J connectivity index is 1.58. The standard InChI is InChI=1S/C17H27N3O2S/c1-11(2)20-15(16(22-4)17(20)21)13-5-7-19(8-6-13)9-14-12(3)18-10-23-14/h10-11,13,15-16H,5-9H2,1-4H3/t15-,16+/m0/s1. The maximum atomic E-state index is 12.2. The molecule has 2 atom stereocenters. The first-order valence-electron chi connectivity index (χ1n) is 8.49. The van der Waals surface area contributed by atoms with Crippen molar-refractivity contribution in [2.75, 3.05) is 20.2 Å². The smallest absolute Gasteiger partial charge is 0.254 e. The Morgan fingerprint density at radius 2 is 2.09 bits per heavy atom. The number of piperidine rings is 1. The van der Waals surface area contributed by atoms with Gasteiger partial charge in [0, 0.05) is 24.6 Å². The van der Waals surface area contributed by atoms with E-state index in [1.807, 2.05) is 10.4 Å². The van der Waals surface area contributed by atoms with Crippen LogP contribution in [0.5, 0.6) is 0 Å². The lowest BCUT2D eigenvalue weighted by Gasteiger charge is -2.53. The lowest BCUT2D eigenvalue weighted by Crippen LogP contribution is -2.70. The summed E-state index contributed by atoms with van der Waals surface area (Å²) in [6, 6.07) is 0.525. The maximum Gasteiger partial charge on any atom is 0.254 e. The SMILES string of the molecule is CO[C@H]1C(=O)N(C(C)C)[C@H]1C1CCN(Cc2scnc2C)CC1. The van der Waals surface area contributed by atoms with Crippen LogP contribution in [0.2, 0.25) is 0 Å². The molecule has 1 aromatic rings. The van der Waals surface area contributed by atoms with E-state index in [-0.39, 0.29) is 24.1 Å². The number of ether oxygens (including phenoxy) is 1. The summed E-state index contributed by atoms with van der Waals surface area (Å²) in [7, 11) is 1.66. The topological polar surface area (TPSA) is 45.7 Å². The third-order valence-corrected chi connectivity index (χ3v) is 6.19. The minimum atomic E-state index is -0.224. The number of amides is 1. The molecule has 3 rings (SSSR count). The fourth-order valence-corrected chi connectivity index (χ4v) is 4.77. The fourth-order valence-electron chi connectivity index (χ4n) is 3.95. The summed E-state index contributed by atoms with van der Waals surface area (Å²) in [4.78, 5) is 22.4. The van der Waals surface area contributed by atoms with Gasteiger partial charge in [-0.15, -0.1) is 11.3 Å². The number of hydrogen-bond acceptors (Lipinski definition) is 5. The Morgan fingerprint density at radius 1 is 1.39 bits per heavy atom. The third kappa shape index (κ3) is 3.16. The Kier molecular flexibility index (Phi) is 5.04. The van der Waals surface area contributed by atoms with Gasteiger partial charge in [0.15, 0.2) is 6.10 Å². The van der Waals surface area contributed by atoms with Crippen LogP contribution in [0.4, 0.5) is 0 Å². The average molecular weight is 337 g/mol. The maximum absolute atomic E-state index is 12.2. The molecule has 0 aliphatic carbocycles. The second-order valence-electron chi connectivity index (χ2n) is 6.96. The summed E-state index contributed by atoms with van der Waals surface area (Å²) < 4.78 is 5.46. The number of methoxy groups -OCH3 is 1. The van der Waals surface area contributed by atoms with Crippen molar-refractivity contribution in [1.82, 2.24) is 14.8 Å². The lowest BCUT2D eigenvalue weighted by molar-refractivity contribution is -0.181. The first-order chi connectivity index (χ1) is 11.0. The number of aryl methyl sites for hydroxylation is 1. The molecule has 2 fully saturated rings. The van der Waals surface area contributed by atoms with E-state index in [9.17, 15) is 4.79 Å². The molecule has 23 heavy (non-hydrogen) atoms. The van der Waals surface area contributed by atoms with Gasteiger partial charge < -0.3 is 9.64 Å². The second kappa shape index (κ2) is 6.87. The van der Waals surface area contributed by atoms with E-state index < -0.39 is 0 Å². The zero-order chi connectivity index (χ0) is 16.6. The number of aromatic nitrogens is 1. The van der Waals surface area contributed by atoms with Gasteiger partial charge in [0.2, 0.25) is 0 Å². The molecule has 0 aromatic carbocycles. The number of β-lactam (4-membered cyclic amide) rings is 1. The number of thiazole rings is 1. The van der Waals surface area contributed by atoms with Crippen molar-refractivity contribution in [3.05, 3.63) is 16.1 Å². The van der Waals surface area contributed by atoms with E-state index in [1.165, 1.54) is 4.88 Å². The fraction of sp³-hybridized carbons (Fsp3) is 0.765. The third-order valence-electron chi connectivity index (χ3n) is 5.27. The van der Waals surface area contributed by atoms with E-state index in [1.54, 1.807) is 18.4 Å². The molecule has 6 heteroatoms. The molecule has 5 nitrogen and oxygen atoms in total. The molecule has 0 radical (unpaired) electrons. The quantitative estimate of drug-likeness (QED) is 0.774. The van der Waals surface area contributed by atoms with E-state index in [2.05, 4.69) is 30.7 Å². The summed E-state index contributed by atoms with van der Waals surface area (Å²) >= 11 is 1.75. The Morgan fingerprint density at radius 3 is 2.61 bits per heavy atom. The van der Waals surface area contributed by atoms with Gasteiger partial charge in [0.1, 0.15) is 0 Å². The second-order valence-corrected chi connectivity index (χ2v) is 7.90. The van der Waals surface area contributed by atoms with Crippen LogP contribution in [0.15, 0.2) is 5.51 Å². The molecule has 1 amide bonds. The van der Waals surface area contributed by atoms with Crippen molar-refractivity contribution in [2.45, 2.75) is 58.3 Å². The van der Waals surface area contributed by atoms with Crippen molar-refractivity contribution in [1.29, 1.82) is 0 Å². The van der Waals surface area contributed by atoms with Crippen LogP contribution in [-0.4, -0.2) is 59.1 Å². The van der Waals surface area contributed by atoms with Gasteiger partial charge in [-0.2, -0.15) is 0 Å². The lowest BCUT2D eigenvalue weighted by atomic mass is 9.79. The number of nitrogens with zero attached hydrogens (tertiary/aromatic N) is 3. The van der Waals surface area contributed by atoms with Gasteiger partial charge in [0.25, 0.3) is 5.91 Å². The van der Waals surface area contributed by atoms with Crippen LogP contribution in [0.3, 0.4) is 0 Å². The van der Waals surface area contributed by atoms with Crippen molar-refractivity contribution >= 4 is 17.2 Å². The van der Waals surface area contributed by atoms with Crippen LogP contribution in [0.1, 0.15) is 37.3 Å². The Labute approximate surface area is 142 Å². The van der Waals surface area contributed by atoms with Crippen molar-refractivity contribution < 1.29 is 9.53 Å². The normalized spacial score (nSPS) is 26.8. The molecule has 3 heterocycles. The molecular weight excluding hydrogens is 310 g/mol. The molecular formula is C17H27N3O2S. The minimum Gasteiger partial charge on any atom is -0.369 e. The summed E-state index contributed by atoms with van der Waals surface area (Å²) in [6.45, 7) is 9.47. The van der Waals surface area contributed by atoms with Crippen LogP contribution < -0.4 is 0 Å². The molecule has 1 aromatic heterocycles. The molecule has 128 valence electrons. The molecule has 0 bridgehead atoms. The first kappa shape index (κ1) is 16.9. The summed E-state index contributed by atoms with van der Waals surface area (Å²) in [5.41, 5.74) is 3.09. The number of hydrogen-bond donors (Lipinski definition) is 0. The van der Waals surface area contributed by atoms with Crippen molar-refractivity contribution in [3.8, 4) is 0 Å². The Hall–Kier alpha value is -0.980. The zero-order valence-electron chi connectivity index (χ0n) is 14.5. The highest BCUT2D eigenvalue weighted by molar-refractivity contribution is 7.09. The summed E-state index contributed by atoms with van der Waals surface area (Å²) in [6.07, 6.45) is 2.05. The predicted molar refractivity (Wildman–Crippen MR) is 91.4 cm³/mol. The minimum absolute atomic E-state index is 0.162. The average Bonchev–Trinajstić information content (AvgIpc) is 2.91. The van der Waals surface area contributed by atoms with Gasteiger partial charge in [0.05, 0.1) is 17.2 Å². The van der Waals surface area contributed by atoms with Crippen LogP contribution in [0, 0.1) is 12.8 Å². The zero-order valence-corrected chi connectivity index (χ0v) is 15.3. The van der Waals surface area contributed by atoms with E-state index in [0.29, 0.717) is 5.92 Å². The number of likely N-dealkylation sites (tertiary alicyclic amines) is 2.